The Morgan fingerprint density at radius 3 is 2.64 bits per heavy atom. The normalized spacial score (nSPS) is 11.4. The molecule has 7 nitrogen and oxygen atoms in total. The number of phenolic OH excluding ortho intramolecular Hbond substituents is 1. The van der Waals surface area contributed by atoms with Crippen LogP contribution in [0.25, 0.3) is 0 Å². The van der Waals surface area contributed by atoms with Crippen molar-refractivity contribution in [2.24, 2.45) is 5.10 Å². The molecule has 0 aliphatic carbocycles. The first-order valence-electron chi connectivity index (χ1n) is 7.10. The van der Waals surface area contributed by atoms with Gasteiger partial charge in [0.2, 0.25) is 10.0 Å². The molecule has 132 valence electrons. The second kappa shape index (κ2) is 7.75. The van der Waals surface area contributed by atoms with Crippen molar-refractivity contribution in [3.05, 3.63) is 59.9 Å². The van der Waals surface area contributed by atoms with Crippen molar-refractivity contribution in [3.63, 3.8) is 0 Å². The Balaban J connectivity index is 2.09. The molecule has 0 saturated carbocycles. The van der Waals surface area contributed by atoms with Crippen molar-refractivity contribution in [2.75, 3.05) is 17.1 Å². The summed E-state index contributed by atoms with van der Waals surface area (Å²) in [6.07, 6.45) is 2.14. The molecule has 0 bridgehead atoms. The number of hydrogen-bond donors (Lipinski definition) is 2. The molecule has 2 aromatic carbocycles. The monoisotopic (exact) mass is 365 g/mol. The van der Waals surface area contributed by atoms with Gasteiger partial charge in [0.05, 0.1) is 18.2 Å². The van der Waals surface area contributed by atoms with Crippen LogP contribution in [0, 0.1) is 5.82 Å². The lowest BCUT2D eigenvalue weighted by molar-refractivity contribution is -0.119. The van der Waals surface area contributed by atoms with E-state index in [4.69, 9.17) is 0 Å². The van der Waals surface area contributed by atoms with Gasteiger partial charge in [0.15, 0.2) is 0 Å². The van der Waals surface area contributed by atoms with Gasteiger partial charge in [-0.15, -0.1) is 0 Å². The zero-order chi connectivity index (χ0) is 18.4. The minimum absolute atomic E-state index is 0.0157. The Bertz CT molecular complexity index is 900. The Kier molecular flexibility index (Phi) is 5.71. The van der Waals surface area contributed by atoms with E-state index >= 15 is 0 Å². The lowest BCUT2D eigenvalue weighted by atomic mass is 10.2. The van der Waals surface area contributed by atoms with Gasteiger partial charge in [-0.2, -0.15) is 5.10 Å². The lowest BCUT2D eigenvalue weighted by Gasteiger charge is -2.21. The van der Waals surface area contributed by atoms with Crippen molar-refractivity contribution in [1.82, 2.24) is 5.43 Å². The van der Waals surface area contributed by atoms with E-state index < -0.39 is 28.3 Å². The van der Waals surface area contributed by atoms with E-state index in [9.17, 15) is 22.7 Å². The van der Waals surface area contributed by atoms with E-state index in [-0.39, 0.29) is 11.4 Å². The summed E-state index contributed by atoms with van der Waals surface area (Å²) in [5.74, 6) is -1.36. The van der Waals surface area contributed by atoms with Gasteiger partial charge < -0.3 is 5.11 Å². The first-order chi connectivity index (χ1) is 11.8. The van der Waals surface area contributed by atoms with E-state index in [0.29, 0.717) is 5.56 Å². The van der Waals surface area contributed by atoms with Crippen LogP contribution in [0.1, 0.15) is 5.56 Å². The first-order valence-corrected chi connectivity index (χ1v) is 8.95. The van der Waals surface area contributed by atoms with Crippen LogP contribution in [-0.4, -0.2) is 38.4 Å². The predicted molar refractivity (Wildman–Crippen MR) is 92.4 cm³/mol. The number of benzene rings is 2. The molecule has 0 saturated heterocycles. The van der Waals surface area contributed by atoms with Gasteiger partial charge in [-0.25, -0.2) is 18.2 Å². The molecule has 0 radical (unpaired) electrons. The highest BCUT2D eigenvalue weighted by Crippen LogP contribution is 2.18. The minimum atomic E-state index is -3.80. The predicted octanol–water partition coefficient (Wildman–Crippen LogP) is 1.45. The third-order valence-electron chi connectivity index (χ3n) is 3.11. The number of sulfonamides is 1. The summed E-state index contributed by atoms with van der Waals surface area (Å²) < 4.78 is 37.8. The fourth-order valence-electron chi connectivity index (χ4n) is 1.97. The molecule has 0 aromatic heterocycles. The maximum atomic E-state index is 13.3. The zero-order valence-electron chi connectivity index (χ0n) is 13.3. The Labute approximate surface area is 144 Å². The number of phenols is 1. The topological polar surface area (TPSA) is 99.1 Å². The molecular formula is C16H16FN3O4S. The minimum Gasteiger partial charge on any atom is -0.507 e. The number of nitrogens with one attached hydrogen (secondary N) is 1. The van der Waals surface area contributed by atoms with Gasteiger partial charge in [0, 0.05) is 5.56 Å². The van der Waals surface area contributed by atoms with Crippen LogP contribution in [0.4, 0.5) is 10.1 Å². The third-order valence-corrected chi connectivity index (χ3v) is 4.25. The van der Waals surface area contributed by atoms with Crippen LogP contribution in [0.15, 0.2) is 53.6 Å². The molecule has 1 amide bonds. The Morgan fingerprint density at radius 1 is 1.28 bits per heavy atom. The van der Waals surface area contributed by atoms with Crippen molar-refractivity contribution in [3.8, 4) is 5.75 Å². The van der Waals surface area contributed by atoms with Crippen LogP contribution >= 0.6 is 0 Å². The van der Waals surface area contributed by atoms with E-state index in [1.54, 1.807) is 18.2 Å². The number of para-hydroxylation sites is 1. The van der Waals surface area contributed by atoms with E-state index in [1.165, 1.54) is 30.5 Å². The largest absolute Gasteiger partial charge is 0.507 e. The zero-order valence-corrected chi connectivity index (χ0v) is 14.1. The molecule has 2 aromatic rings. The summed E-state index contributed by atoms with van der Waals surface area (Å²) in [6, 6.07) is 11.3. The Morgan fingerprint density at radius 2 is 2.00 bits per heavy atom. The fourth-order valence-corrected chi connectivity index (χ4v) is 2.82. The summed E-state index contributed by atoms with van der Waals surface area (Å²) in [5.41, 5.74) is 2.58. The molecule has 0 atom stereocenters. The van der Waals surface area contributed by atoms with Crippen molar-refractivity contribution in [2.45, 2.75) is 0 Å². The van der Waals surface area contributed by atoms with Crippen molar-refractivity contribution >= 4 is 27.8 Å². The maximum absolute atomic E-state index is 13.3. The number of aromatic hydroxyl groups is 1. The fraction of sp³-hybridized carbons (Fsp3) is 0.125. The molecule has 25 heavy (non-hydrogen) atoms. The number of hydrogen-bond acceptors (Lipinski definition) is 5. The standard InChI is InChI=1S/C16H16FN3O4S/c1-25(23,24)20(14-7-4-6-13(17)9-14)11-16(22)19-18-10-12-5-2-3-8-15(12)21/h2-10,21H,11H2,1H3,(H,19,22)/b18-10-. The first kappa shape index (κ1) is 18.4. The highest BCUT2D eigenvalue weighted by molar-refractivity contribution is 7.92. The summed E-state index contributed by atoms with van der Waals surface area (Å²) in [7, 11) is -3.80. The maximum Gasteiger partial charge on any atom is 0.260 e. The van der Waals surface area contributed by atoms with Gasteiger partial charge >= 0.3 is 0 Å². The van der Waals surface area contributed by atoms with Crippen LogP contribution in [-0.2, 0) is 14.8 Å². The summed E-state index contributed by atoms with van der Waals surface area (Å²) in [6.45, 7) is -0.569. The van der Waals surface area contributed by atoms with Gasteiger partial charge in [-0.05, 0) is 30.3 Å². The number of amides is 1. The summed E-state index contributed by atoms with van der Waals surface area (Å²) >= 11 is 0. The highest BCUT2D eigenvalue weighted by Gasteiger charge is 2.21. The number of halogens is 1. The molecule has 0 fully saturated rings. The molecule has 0 aliphatic rings. The average Bonchev–Trinajstić information content (AvgIpc) is 2.53. The van der Waals surface area contributed by atoms with Gasteiger partial charge in [-0.1, -0.05) is 18.2 Å². The second-order valence-corrected chi connectivity index (χ2v) is 7.01. The van der Waals surface area contributed by atoms with Gasteiger partial charge in [0.1, 0.15) is 18.1 Å². The summed E-state index contributed by atoms with van der Waals surface area (Å²) in [5, 5.41) is 13.2. The molecule has 0 spiro atoms. The molecule has 2 N–H and O–H groups in total. The van der Waals surface area contributed by atoms with E-state index in [0.717, 1.165) is 16.6 Å². The number of hydrazone groups is 1. The van der Waals surface area contributed by atoms with Gasteiger partial charge in [-0.3, -0.25) is 9.10 Å². The quantitative estimate of drug-likeness (QED) is 0.598. The van der Waals surface area contributed by atoms with Crippen LogP contribution < -0.4 is 9.73 Å². The molecule has 0 unspecified atom stereocenters. The van der Waals surface area contributed by atoms with E-state index in [2.05, 4.69) is 10.5 Å². The molecule has 0 aliphatic heterocycles. The van der Waals surface area contributed by atoms with Crippen molar-refractivity contribution in [1.29, 1.82) is 0 Å². The van der Waals surface area contributed by atoms with Crippen molar-refractivity contribution < 1.29 is 22.7 Å². The number of nitrogens with zero attached hydrogens (tertiary/aromatic N) is 2. The lowest BCUT2D eigenvalue weighted by Crippen LogP contribution is -2.39. The molecular weight excluding hydrogens is 349 g/mol. The molecule has 0 heterocycles. The summed E-state index contributed by atoms with van der Waals surface area (Å²) in [4.78, 5) is 11.9. The molecule has 9 heteroatoms. The highest BCUT2D eigenvalue weighted by atomic mass is 32.2. The average molecular weight is 365 g/mol. The number of carbonyl (C=O) groups is 1. The third kappa shape index (κ3) is 5.28. The van der Waals surface area contributed by atoms with E-state index in [1.807, 2.05) is 0 Å². The van der Waals surface area contributed by atoms with Crippen LogP contribution in [0.5, 0.6) is 5.75 Å². The number of anilines is 1. The second-order valence-electron chi connectivity index (χ2n) is 5.10. The SMILES string of the molecule is CS(=O)(=O)N(CC(=O)N/N=C\c1ccccc1O)c1cccc(F)c1. The van der Waals surface area contributed by atoms with Crippen LogP contribution in [0.2, 0.25) is 0 Å². The number of rotatable bonds is 6. The van der Waals surface area contributed by atoms with Crippen LogP contribution in [0.3, 0.4) is 0 Å². The molecule has 2 rings (SSSR count). The smallest absolute Gasteiger partial charge is 0.260 e. The van der Waals surface area contributed by atoms with Gasteiger partial charge in [0.25, 0.3) is 5.91 Å². The number of carbonyl (C=O) groups excluding carboxylic acids is 1. The Hall–Kier alpha value is -2.94.